The van der Waals surface area contributed by atoms with Crippen LogP contribution < -0.4 is 10.1 Å². The minimum atomic E-state index is -0.664. The molecule has 0 fully saturated rings. The maximum Gasteiger partial charge on any atom is 0.340 e. The Kier molecular flexibility index (Phi) is 7.52. The average molecular weight is 498 g/mol. The Morgan fingerprint density at radius 2 is 1.84 bits per heavy atom. The topological polar surface area (TPSA) is 47.6 Å². The Morgan fingerprint density at radius 3 is 2.70 bits per heavy atom. The van der Waals surface area contributed by atoms with Gasteiger partial charge in [0.25, 0.3) is 0 Å². The molecule has 1 heterocycles. The number of carbonyl (C=O) groups excluding carboxylic acids is 1. The van der Waals surface area contributed by atoms with Crippen LogP contribution in [0, 0.1) is 5.82 Å². The zero-order valence-electron chi connectivity index (χ0n) is 21.2. The van der Waals surface area contributed by atoms with Crippen molar-refractivity contribution in [1.82, 2.24) is 5.32 Å². The monoisotopic (exact) mass is 497 g/mol. The fourth-order valence-corrected chi connectivity index (χ4v) is 5.40. The predicted molar refractivity (Wildman–Crippen MR) is 145 cm³/mol. The van der Waals surface area contributed by atoms with Gasteiger partial charge in [-0.25, -0.2) is 9.18 Å². The van der Waals surface area contributed by atoms with Crippen molar-refractivity contribution in [3.8, 4) is 5.75 Å². The highest BCUT2D eigenvalue weighted by molar-refractivity contribution is 5.90. The average Bonchev–Trinajstić information content (AvgIpc) is 2.94. The van der Waals surface area contributed by atoms with E-state index in [1.54, 1.807) is 12.1 Å². The standard InChI is InChI=1S/C32H32FNO3/c1-21(25-14-7-10-22-9-3-4-12-26(22)25)34-18-8-11-24-20-28(27-13-5-6-15-31(27)37-24)23-16-17-30(33)29(19-23)32(35)36-2/h3-7,9-10,12-17,19,21,24,28,34H,8,11,18,20H2,1-2H3. The normalized spacial score (nSPS) is 17.6. The summed E-state index contributed by atoms with van der Waals surface area (Å²) in [7, 11) is 1.27. The van der Waals surface area contributed by atoms with Crippen molar-refractivity contribution in [2.75, 3.05) is 13.7 Å². The number of halogens is 1. The second-order valence-electron chi connectivity index (χ2n) is 9.68. The smallest absolute Gasteiger partial charge is 0.340 e. The van der Waals surface area contributed by atoms with Crippen LogP contribution in [0.2, 0.25) is 0 Å². The Hall–Kier alpha value is -3.70. The molecule has 4 aromatic carbocycles. The molecule has 0 amide bonds. The maximum absolute atomic E-state index is 14.3. The van der Waals surface area contributed by atoms with Gasteiger partial charge >= 0.3 is 5.97 Å². The van der Waals surface area contributed by atoms with Crippen LogP contribution in [-0.4, -0.2) is 25.7 Å². The highest BCUT2D eigenvalue weighted by atomic mass is 19.1. The molecule has 0 saturated heterocycles. The molecule has 5 heteroatoms. The molecule has 0 aromatic heterocycles. The molecule has 37 heavy (non-hydrogen) atoms. The van der Waals surface area contributed by atoms with Gasteiger partial charge in [-0.05, 0) is 72.8 Å². The van der Waals surface area contributed by atoms with Gasteiger partial charge in [-0.1, -0.05) is 66.7 Å². The number of methoxy groups -OCH3 is 1. The van der Waals surface area contributed by atoms with E-state index < -0.39 is 11.8 Å². The summed E-state index contributed by atoms with van der Waals surface area (Å²) in [4.78, 5) is 12.1. The van der Waals surface area contributed by atoms with Crippen LogP contribution in [0.1, 0.15) is 65.2 Å². The summed E-state index contributed by atoms with van der Waals surface area (Å²) in [5.74, 6) is -0.368. The number of para-hydroxylation sites is 1. The highest BCUT2D eigenvalue weighted by Crippen LogP contribution is 2.41. The summed E-state index contributed by atoms with van der Waals surface area (Å²) in [6, 6.07) is 27.9. The van der Waals surface area contributed by atoms with Crippen molar-refractivity contribution in [3.63, 3.8) is 0 Å². The van der Waals surface area contributed by atoms with Crippen LogP contribution in [0.25, 0.3) is 10.8 Å². The van der Waals surface area contributed by atoms with Gasteiger partial charge in [-0.2, -0.15) is 0 Å². The first-order valence-electron chi connectivity index (χ1n) is 12.9. The molecular weight excluding hydrogens is 465 g/mol. The summed E-state index contributed by atoms with van der Waals surface area (Å²) in [5.41, 5.74) is 3.22. The molecule has 1 N–H and O–H groups in total. The molecule has 1 aliphatic rings. The molecule has 190 valence electrons. The van der Waals surface area contributed by atoms with E-state index in [1.807, 2.05) is 24.3 Å². The van der Waals surface area contributed by atoms with Gasteiger partial charge in [0.2, 0.25) is 0 Å². The van der Waals surface area contributed by atoms with Gasteiger partial charge in [0.1, 0.15) is 11.6 Å². The second kappa shape index (κ2) is 11.1. The first-order chi connectivity index (χ1) is 18.0. The fourth-order valence-electron chi connectivity index (χ4n) is 5.40. The number of esters is 1. The Morgan fingerprint density at radius 1 is 1.05 bits per heavy atom. The van der Waals surface area contributed by atoms with E-state index in [2.05, 4.69) is 54.7 Å². The van der Waals surface area contributed by atoms with Crippen LogP contribution in [0.4, 0.5) is 4.39 Å². The van der Waals surface area contributed by atoms with Crippen LogP contribution in [0.3, 0.4) is 0 Å². The summed E-state index contributed by atoms with van der Waals surface area (Å²) in [6.07, 6.45) is 2.65. The summed E-state index contributed by atoms with van der Waals surface area (Å²) < 4.78 is 25.4. The number of fused-ring (bicyclic) bond motifs is 2. The molecule has 4 aromatic rings. The van der Waals surface area contributed by atoms with Gasteiger partial charge in [-0.15, -0.1) is 0 Å². The number of ether oxygens (including phenoxy) is 2. The molecular formula is C32H32FNO3. The van der Waals surface area contributed by atoms with Crippen LogP contribution in [0.5, 0.6) is 5.75 Å². The fraction of sp³-hybridized carbons (Fsp3) is 0.281. The molecule has 0 radical (unpaired) electrons. The van der Waals surface area contributed by atoms with Crippen molar-refractivity contribution in [2.45, 2.75) is 44.2 Å². The van der Waals surface area contributed by atoms with Crippen molar-refractivity contribution >= 4 is 16.7 Å². The van der Waals surface area contributed by atoms with Gasteiger partial charge < -0.3 is 14.8 Å². The van der Waals surface area contributed by atoms with E-state index in [1.165, 1.54) is 29.5 Å². The quantitative estimate of drug-likeness (QED) is 0.207. The molecule has 5 rings (SSSR count). The van der Waals surface area contributed by atoms with E-state index in [-0.39, 0.29) is 23.6 Å². The van der Waals surface area contributed by atoms with E-state index in [9.17, 15) is 9.18 Å². The zero-order valence-corrected chi connectivity index (χ0v) is 21.2. The van der Waals surface area contributed by atoms with Crippen molar-refractivity contribution in [1.29, 1.82) is 0 Å². The molecule has 0 spiro atoms. The molecule has 4 nitrogen and oxygen atoms in total. The summed E-state index contributed by atoms with van der Waals surface area (Å²) in [6.45, 7) is 3.08. The SMILES string of the molecule is COC(=O)c1cc(C2CC(CCCNC(C)c3cccc4ccccc34)Oc3ccccc32)ccc1F. The van der Waals surface area contributed by atoms with Gasteiger partial charge in [0, 0.05) is 17.5 Å². The van der Waals surface area contributed by atoms with Crippen LogP contribution in [-0.2, 0) is 4.74 Å². The minimum Gasteiger partial charge on any atom is -0.490 e. The minimum absolute atomic E-state index is 0.0153. The summed E-state index contributed by atoms with van der Waals surface area (Å²) >= 11 is 0. The first-order valence-corrected chi connectivity index (χ1v) is 12.9. The van der Waals surface area contributed by atoms with Crippen LogP contribution >= 0.6 is 0 Å². The van der Waals surface area contributed by atoms with Gasteiger partial charge in [0.05, 0.1) is 18.8 Å². The number of hydrogen-bond donors (Lipinski definition) is 1. The zero-order chi connectivity index (χ0) is 25.8. The largest absolute Gasteiger partial charge is 0.490 e. The van der Waals surface area contributed by atoms with Gasteiger partial charge in [-0.3, -0.25) is 0 Å². The Labute approximate surface area is 217 Å². The number of nitrogens with one attached hydrogen (secondary N) is 1. The number of rotatable bonds is 8. The second-order valence-corrected chi connectivity index (χ2v) is 9.68. The number of carbonyl (C=O) groups is 1. The first kappa shape index (κ1) is 25.0. The maximum atomic E-state index is 14.3. The third-order valence-corrected chi connectivity index (χ3v) is 7.33. The van der Waals surface area contributed by atoms with Crippen molar-refractivity contribution in [3.05, 3.63) is 113 Å². The molecule has 0 bridgehead atoms. The Bertz CT molecular complexity index is 1400. The van der Waals surface area contributed by atoms with Gasteiger partial charge in [0.15, 0.2) is 0 Å². The number of hydrogen-bond acceptors (Lipinski definition) is 4. The molecule has 3 unspecified atom stereocenters. The molecule has 0 saturated carbocycles. The lowest BCUT2D eigenvalue weighted by atomic mass is 9.82. The van der Waals surface area contributed by atoms with E-state index >= 15 is 0 Å². The number of benzene rings is 4. The lowest BCUT2D eigenvalue weighted by Gasteiger charge is -2.33. The highest BCUT2D eigenvalue weighted by Gasteiger charge is 2.30. The van der Waals surface area contributed by atoms with Crippen molar-refractivity contribution < 1.29 is 18.7 Å². The molecule has 3 atom stereocenters. The van der Waals surface area contributed by atoms with E-state index in [0.717, 1.165) is 42.7 Å². The predicted octanol–water partition coefficient (Wildman–Crippen LogP) is 7.18. The van der Waals surface area contributed by atoms with Crippen molar-refractivity contribution in [2.24, 2.45) is 0 Å². The third-order valence-electron chi connectivity index (χ3n) is 7.33. The van der Waals surface area contributed by atoms with E-state index in [4.69, 9.17) is 9.47 Å². The summed E-state index contributed by atoms with van der Waals surface area (Å²) in [5, 5.41) is 6.21. The van der Waals surface area contributed by atoms with Crippen LogP contribution in [0.15, 0.2) is 84.9 Å². The Balaban J connectivity index is 1.26. The lowest BCUT2D eigenvalue weighted by Crippen LogP contribution is -2.28. The van der Waals surface area contributed by atoms with E-state index in [0.29, 0.717) is 0 Å². The third kappa shape index (κ3) is 5.37. The lowest BCUT2D eigenvalue weighted by molar-refractivity contribution is 0.0595. The molecule has 1 aliphatic heterocycles. The molecule has 0 aliphatic carbocycles.